The van der Waals surface area contributed by atoms with Crippen molar-refractivity contribution in [2.24, 2.45) is 0 Å². The number of anilines is 1. The lowest BCUT2D eigenvalue weighted by molar-refractivity contribution is -0.130. The second kappa shape index (κ2) is 8.43. The van der Waals surface area contributed by atoms with E-state index >= 15 is 0 Å². The van der Waals surface area contributed by atoms with E-state index in [1.807, 2.05) is 34.5 Å². The monoisotopic (exact) mass is 439 g/mol. The fraction of sp³-hybridized carbons (Fsp3) is 0.435. The van der Waals surface area contributed by atoms with Crippen molar-refractivity contribution in [3.8, 4) is 0 Å². The topological polar surface area (TPSA) is 70.2 Å². The van der Waals surface area contributed by atoms with Crippen LogP contribution in [0.4, 0.5) is 5.69 Å². The smallest absolute Gasteiger partial charge is 0.263 e. The number of nitrogens with zero attached hydrogens (tertiary/aromatic N) is 3. The van der Waals surface area contributed by atoms with Gasteiger partial charge in [-0.2, -0.15) is 0 Å². The maximum absolute atomic E-state index is 13.2. The molecule has 162 valence electrons. The van der Waals surface area contributed by atoms with E-state index in [1.54, 1.807) is 17.4 Å². The predicted octanol–water partition coefficient (Wildman–Crippen LogP) is 2.41. The molecular weight excluding hydrogens is 414 g/mol. The summed E-state index contributed by atoms with van der Waals surface area (Å²) < 4.78 is 5.64. The van der Waals surface area contributed by atoms with Crippen LogP contribution in [0.2, 0.25) is 0 Å². The van der Waals surface area contributed by atoms with E-state index in [1.165, 1.54) is 4.90 Å². The van der Waals surface area contributed by atoms with Crippen molar-refractivity contribution in [3.63, 3.8) is 0 Å². The summed E-state index contributed by atoms with van der Waals surface area (Å²) in [6.07, 6.45) is 2.21. The van der Waals surface area contributed by atoms with Crippen LogP contribution in [0.1, 0.15) is 38.4 Å². The molecule has 0 spiro atoms. The van der Waals surface area contributed by atoms with Gasteiger partial charge in [0.1, 0.15) is 0 Å². The van der Waals surface area contributed by atoms with Gasteiger partial charge in [0.25, 0.3) is 11.8 Å². The van der Waals surface area contributed by atoms with E-state index in [-0.39, 0.29) is 23.8 Å². The summed E-state index contributed by atoms with van der Waals surface area (Å²) in [5, 5.41) is 1.98. The molecule has 0 bridgehead atoms. The number of thiophene rings is 1. The lowest BCUT2D eigenvalue weighted by Gasteiger charge is -2.36. The third-order valence-corrected chi connectivity index (χ3v) is 7.14. The molecule has 1 unspecified atom stereocenters. The first-order valence-electron chi connectivity index (χ1n) is 10.8. The zero-order valence-electron chi connectivity index (χ0n) is 17.3. The molecule has 0 saturated carbocycles. The first-order valence-corrected chi connectivity index (χ1v) is 11.7. The molecule has 1 atom stereocenters. The van der Waals surface area contributed by atoms with Gasteiger partial charge in [-0.25, -0.2) is 0 Å². The molecule has 0 radical (unpaired) electrons. The molecule has 0 aliphatic carbocycles. The van der Waals surface area contributed by atoms with E-state index < -0.39 is 0 Å². The second-order valence-corrected chi connectivity index (χ2v) is 9.21. The number of piperazine rings is 1. The molecule has 4 heterocycles. The van der Waals surface area contributed by atoms with Crippen molar-refractivity contribution in [2.45, 2.75) is 25.4 Å². The third kappa shape index (κ3) is 3.85. The summed E-state index contributed by atoms with van der Waals surface area (Å²) >= 11 is 1.60. The number of hydrogen-bond acceptors (Lipinski definition) is 6. The molecular formula is C23H25N3O4S. The van der Waals surface area contributed by atoms with Gasteiger partial charge in [-0.15, -0.1) is 11.3 Å². The highest BCUT2D eigenvalue weighted by atomic mass is 32.1. The first-order chi connectivity index (χ1) is 15.1. The van der Waals surface area contributed by atoms with Gasteiger partial charge in [-0.05, 0) is 36.4 Å². The minimum absolute atomic E-state index is 0.0661. The Morgan fingerprint density at radius 3 is 2.61 bits per heavy atom. The van der Waals surface area contributed by atoms with E-state index in [2.05, 4.69) is 4.90 Å². The summed E-state index contributed by atoms with van der Waals surface area (Å²) in [4.78, 5) is 45.1. The maximum atomic E-state index is 13.2. The Morgan fingerprint density at radius 1 is 1.06 bits per heavy atom. The molecule has 8 heteroatoms. The van der Waals surface area contributed by atoms with Crippen molar-refractivity contribution in [1.82, 2.24) is 9.80 Å². The van der Waals surface area contributed by atoms with Crippen LogP contribution in [-0.2, 0) is 16.0 Å². The van der Waals surface area contributed by atoms with Gasteiger partial charge < -0.3 is 14.5 Å². The van der Waals surface area contributed by atoms with Crippen molar-refractivity contribution in [3.05, 3.63) is 51.7 Å². The van der Waals surface area contributed by atoms with Crippen LogP contribution in [0.3, 0.4) is 0 Å². The summed E-state index contributed by atoms with van der Waals surface area (Å²) in [5.74, 6) is -0.334. The van der Waals surface area contributed by atoms with Gasteiger partial charge in [0.15, 0.2) is 0 Å². The van der Waals surface area contributed by atoms with Crippen LogP contribution in [0.15, 0.2) is 35.7 Å². The molecule has 1 aromatic carbocycles. The normalized spacial score (nSPS) is 21.2. The van der Waals surface area contributed by atoms with E-state index in [9.17, 15) is 14.4 Å². The van der Waals surface area contributed by atoms with Crippen LogP contribution in [0, 0.1) is 0 Å². The molecule has 31 heavy (non-hydrogen) atoms. The van der Waals surface area contributed by atoms with Gasteiger partial charge >= 0.3 is 0 Å². The fourth-order valence-corrected chi connectivity index (χ4v) is 5.30. The number of rotatable bonds is 5. The predicted molar refractivity (Wildman–Crippen MR) is 118 cm³/mol. The number of ether oxygens (including phenoxy) is 1. The summed E-state index contributed by atoms with van der Waals surface area (Å²) in [6, 6.07) is 9.42. The number of amides is 3. The van der Waals surface area contributed by atoms with Gasteiger partial charge in [-0.1, -0.05) is 12.1 Å². The summed E-state index contributed by atoms with van der Waals surface area (Å²) in [7, 11) is 0. The highest BCUT2D eigenvalue weighted by molar-refractivity contribution is 7.10. The van der Waals surface area contributed by atoms with E-state index in [0.29, 0.717) is 56.9 Å². The SMILES string of the molecule is O=C(Cc1cccs1)N1CCN(c2cccc3c2C(=O)N(CC2CCCO2)C3=O)CC1. The van der Waals surface area contributed by atoms with E-state index in [4.69, 9.17) is 4.74 Å². The molecule has 2 saturated heterocycles. The molecule has 5 rings (SSSR count). The van der Waals surface area contributed by atoms with Crippen LogP contribution in [0.5, 0.6) is 0 Å². The standard InChI is InChI=1S/C23H25N3O4S/c27-20(14-17-5-3-13-31-17)25-10-8-24(9-11-25)19-7-1-6-18-21(19)23(29)26(22(18)28)15-16-4-2-12-30-16/h1,3,5-7,13,16H,2,4,8-12,14-15H2. The Bertz CT molecular complexity index is 992. The number of carbonyl (C=O) groups excluding carboxylic acids is 3. The zero-order chi connectivity index (χ0) is 21.4. The maximum Gasteiger partial charge on any atom is 0.263 e. The molecule has 2 aromatic rings. The highest BCUT2D eigenvalue weighted by Gasteiger charge is 2.40. The number of carbonyl (C=O) groups is 3. The highest BCUT2D eigenvalue weighted by Crippen LogP contribution is 2.33. The number of imide groups is 1. The molecule has 1 aromatic heterocycles. The minimum Gasteiger partial charge on any atom is -0.376 e. The number of fused-ring (bicyclic) bond motifs is 1. The Morgan fingerprint density at radius 2 is 1.90 bits per heavy atom. The molecule has 3 amide bonds. The van der Waals surface area contributed by atoms with Crippen LogP contribution < -0.4 is 4.90 Å². The Balaban J connectivity index is 1.28. The molecule has 0 N–H and O–H groups in total. The number of benzene rings is 1. The van der Waals surface area contributed by atoms with Gasteiger partial charge in [-0.3, -0.25) is 19.3 Å². The summed E-state index contributed by atoms with van der Waals surface area (Å²) in [6.45, 7) is 3.50. The average Bonchev–Trinajstić information content (AvgIpc) is 3.54. The summed E-state index contributed by atoms with van der Waals surface area (Å²) in [5.41, 5.74) is 1.75. The van der Waals surface area contributed by atoms with Crippen LogP contribution >= 0.6 is 11.3 Å². The first kappa shape index (κ1) is 20.2. The fourth-order valence-electron chi connectivity index (χ4n) is 4.61. The number of hydrogen-bond donors (Lipinski definition) is 0. The zero-order valence-corrected chi connectivity index (χ0v) is 18.1. The molecule has 2 fully saturated rings. The third-order valence-electron chi connectivity index (χ3n) is 6.27. The van der Waals surface area contributed by atoms with Crippen LogP contribution in [0.25, 0.3) is 0 Å². The quantitative estimate of drug-likeness (QED) is 0.670. The van der Waals surface area contributed by atoms with E-state index in [0.717, 1.165) is 23.4 Å². The Hall–Kier alpha value is -2.71. The van der Waals surface area contributed by atoms with Gasteiger partial charge in [0.2, 0.25) is 5.91 Å². The minimum atomic E-state index is -0.234. The molecule has 3 aliphatic rings. The Kier molecular flexibility index (Phi) is 5.50. The Labute approximate surface area is 185 Å². The van der Waals surface area contributed by atoms with Gasteiger partial charge in [0.05, 0.1) is 35.9 Å². The second-order valence-electron chi connectivity index (χ2n) is 8.18. The largest absolute Gasteiger partial charge is 0.376 e. The molecule has 3 aliphatic heterocycles. The van der Waals surface area contributed by atoms with Crippen molar-refractivity contribution < 1.29 is 19.1 Å². The van der Waals surface area contributed by atoms with Crippen LogP contribution in [-0.4, -0.2) is 73.0 Å². The lowest BCUT2D eigenvalue weighted by atomic mass is 10.1. The average molecular weight is 440 g/mol. The molecule has 7 nitrogen and oxygen atoms in total. The van der Waals surface area contributed by atoms with Crippen molar-refractivity contribution >= 4 is 34.7 Å². The van der Waals surface area contributed by atoms with Crippen molar-refractivity contribution in [2.75, 3.05) is 44.2 Å². The lowest BCUT2D eigenvalue weighted by Crippen LogP contribution is -2.49. The van der Waals surface area contributed by atoms with Crippen molar-refractivity contribution in [1.29, 1.82) is 0 Å². The van der Waals surface area contributed by atoms with Gasteiger partial charge in [0, 0.05) is 37.7 Å².